The molecule has 0 saturated heterocycles. The SMILES string of the molecule is [CH2+]c1ccc(Br)cc1Cl. The molecule has 0 aliphatic heterocycles. The van der Waals surface area contributed by atoms with Gasteiger partial charge < -0.3 is 0 Å². The van der Waals surface area contributed by atoms with Gasteiger partial charge in [-0.2, -0.15) is 0 Å². The molecule has 0 atom stereocenters. The van der Waals surface area contributed by atoms with Gasteiger partial charge in [0.15, 0.2) is 5.02 Å². The van der Waals surface area contributed by atoms with E-state index in [1.165, 1.54) is 0 Å². The van der Waals surface area contributed by atoms with Crippen LogP contribution in [0.15, 0.2) is 22.7 Å². The van der Waals surface area contributed by atoms with E-state index in [-0.39, 0.29) is 0 Å². The van der Waals surface area contributed by atoms with Gasteiger partial charge in [0.05, 0.1) is 0 Å². The van der Waals surface area contributed by atoms with E-state index in [0.717, 1.165) is 10.0 Å². The normalized spacial score (nSPS) is 9.56. The first-order valence-corrected chi connectivity index (χ1v) is 3.64. The zero-order valence-corrected chi connectivity index (χ0v) is 7.04. The molecule has 2 heteroatoms. The number of hydrogen-bond acceptors (Lipinski definition) is 0. The summed E-state index contributed by atoms with van der Waals surface area (Å²) < 4.78 is 0.986. The smallest absolute Gasteiger partial charge is 0.0482 e. The van der Waals surface area contributed by atoms with Crippen LogP contribution in [0.3, 0.4) is 0 Å². The summed E-state index contributed by atoms with van der Waals surface area (Å²) in [4.78, 5) is 0. The highest BCUT2D eigenvalue weighted by Crippen LogP contribution is 2.19. The van der Waals surface area contributed by atoms with Crippen molar-refractivity contribution < 1.29 is 0 Å². The van der Waals surface area contributed by atoms with Crippen LogP contribution in [0.2, 0.25) is 5.02 Å². The Balaban J connectivity index is 3.17. The summed E-state index contributed by atoms with van der Waals surface area (Å²) in [6.07, 6.45) is 0. The second-order valence-electron chi connectivity index (χ2n) is 1.74. The molecule has 0 bridgehead atoms. The molecule has 0 radical (unpaired) electrons. The Morgan fingerprint density at radius 2 is 2.11 bits per heavy atom. The van der Waals surface area contributed by atoms with Crippen molar-refractivity contribution in [2.24, 2.45) is 0 Å². The van der Waals surface area contributed by atoms with Gasteiger partial charge in [0.1, 0.15) is 5.56 Å². The lowest BCUT2D eigenvalue weighted by atomic mass is 10.2. The molecule has 1 rings (SSSR count). The molecule has 1 aromatic rings. The Morgan fingerprint density at radius 1 is 1.44 bits per heavy atom. The zero-order chi connectivity index (χ0) is 6.85. The van der Waals surface area contributed by atoms with Gasteiger partial charge in [0.25, 0.3) is 0 Å². The standard InChI is InChI=1S/C7H5BrCl/c1-5-2-3-6(8)4-7(5)9/h2-4H,1H2/q+1. The van der Waals surface area contributed by atoms with Gasteiger partial charge in [0.2, 0.25) is 0 Å². The van der Waals surface area contributed by atoms with Gasteiger partial charge in [0, 0.05) is 41.2 Å². The third-order valence-corrected chi connectivity index (χ3v) is 1.86. The molecule has 0 N–H and O–H groups in total. The van der Waals surface area contributed by atoms with E-state index in [0.29, 0.717) is 5.02 Å². The molecule has 0 saturated carbocycles. The molecule has 0 heterocycles. The average molecular weight is 204 g/mol. The Bertz CT molecular complexity index is 220. The van der Waals surface area contributed by atoms with Gasteiger partial charge >= 0.3 is 0 Å². The van der Waals surface area contributed by atoms with Gasteiger partial charge in [-0.25, -0.2) is 0 Å². The summed E-state index contributed by atoms with van der Waals surface area (Å²) in [6.45, 7) is 3.71. The van der Waals surface area contributed by atoms with Gasteiger partial charge in [-0.1, -0.05) is 0 Å². The summed E-state index contributed by atoms with van der Waals surface area (Å²) in [5.74, 6) is 0. The molecule has 0 nitrogen and oxygen atoms in total. The van der Waals surface area contributed by atoms with Crippen LogP contribution in [0.1, 0.15) is 5.56 Å². The first kappa shape index (κ1) is 6.97. The monoisotopic (exact) mass is 203 g/mol. The third kappa shape index (κ3) is 1.63. The lowest BCUT2D eigenvalue weighted by Gasteiger charge is -1.86. The summed E-state index contributed by atoms with van der Waals surface area (Å²) in [7, 11) is 0. The predicted octanol–water partition coefficient (Wildman–Crippen LogP) is 3.28. The third-order valence-electron chi connectivity index (χ3n) is 1.02. The van der Waals surface area contributed by atoms with Crippen LogP contribution >= 0.6 is 27.5 Å². The minimum atomic E-state index is 0.698. The van der Waals surface area contributed by atoms with E-state index in [9.17, 15) is 0 Å². The van der Waals surface area contributed by atoms with Crippen LogP contribution in [-0.4, -0.2) is 0 Å². The van der Waals surface area contributed by atoms with Gasteiger partial charge in [-0.05, 0) is 15.9 Å². The van der Waals surface area contributed by atoms with Crippen molar-refractivity contribution in [2.75, 3.05) is 0 Å². The Labute approximate surface area is 68.0 Å². The topological polar surface area (TPSA) is 0 Å². The minimum Gasteiger partial charge on any atom is -0.0482 e. The van der Waals surface area contributed by atoms with Gasteiger partial charge in [-0.3, -0.25) is 0 Å². The van der Waals surface area contributed by atoms with E-state index >= 15 is 0 Å². The Morgan fingerprint density at radius 3 is 2.56 bits per heavy atom. The van der Waals surface area contributed by atoms with Crippen molar-refractivity contribution in [3.8, 4) is 0 Å². The Kier molecular flexibility index (Phi) is 2.04. The lowest BCUT2D eigenvalue weighted by Crippen LogP contribution is -1.72. The van der Waals surface area contributed by atoms with E-state index in [2.05, 4.69) is 22.9 Å². The van der Waals surface area contributed by atoms with E-state index in [1.54, 1.807) is 0 Å². The van der Waals surface area contributed by atoms with Crippen LogP contribution in [0.5, 0.6) is 0 Å². The van der Waals surface area contributed by atoms with Crippen molar-refractivity contribution in [1.82, 2.24) is 0 Å². The second-order valence-corrected chi connectivity index (χ2v) is 3.06. The molecule has 1 aromatic carbocycles. The second kappa shape index (κ2) is 2.63. The van der Waals surface area contributed by atoms with Crippen molar-refractivity contribution in [2.45, 2.75) is 0 Å². The van der Waals surface area contributed by atoms with E-state index in [4.69, 9.17) is 11.6 Å². The molecule has 0 unspecified atom stereocenters. The van der Waals surface area contributed by atoms with E-state index < -0.39 is 0 Å². The molecule has 46 valence electrons. The number of hydrogen-bond donors (Lipinski definition) is 0. The molecule has 0 aromatic heterocycles. The predicted molar refractivity (Wildman–Crippen MR) is 43.6 cm³/mol. The lowest BCUT2D eigenvalue weighted by molar-refractivity contribution is 1.58. The zero-order valence-electron chi connectivity index (χ0n) is 4.70. The van der Waals surface area contributed by atoms with Crippen molar-refractivity contribution in [1.29, 1.82) is 0 Å². The highest BCUT2D eigenvalue weighted by Gasteiger charge is 2.01. The van der Waals surface area contributed by atoms with Crippen LogP contribution in [0, 0.1) is 6.92 Å². The van der Waals surface area contributed by atoms with Crippen molar-refractivity contribution >= 4 is 27.5 Å². The number of halogens is 2. The summed E-state index contributed by atoms with van der Waals surface area (Å²) in [5, 5.41) is 0.698. The Hall–Kier alpha value is -0.140. The van der Waals surface area contributed by atoms with Crippen LogP contribution in [-0.2, 0) is 0 Å². The maximum Gasteiger partial charge on any atom is 0.154 e. The molecule has 0 aliphatic rings. The minimum absolute atomic E-state index is 0.698. The quantitative estimate of drug-likeness (QED) is 0.569. The fourth-order valence-electron chi connectivity index (χ4n) is 0.522. The highest BCUT2D eigenvalue weighted by molar-refractivity contribution is 9.10. The maximum absolute atomic E-state index is 5.72. The van der Waals surface area contributed by atoms with Gasteiger partial charge in [-0.15, -0.1) is 0 Å². The van der Waals surface area contributed by atoms with Crippen molar-refractivity contribution in [3.05, 3.63) is 40.2 Å². The van der Waals surface area contributed by atoms with Crippen LogP contribution in [0.25, 0.3) is 0 Å². The highest BCUT2D eigenvalue weighted by atomic mass is 79.9. The molecule has 0 fully saturated rings. The van der Waals surface area contributed by atoms with E-state index in [1.807, 2.05) is 18.2 Å². The first-order valence-electron chi connectivity index (χ1n) is 2.47. The molecule has 0 amide bonds. The largest absolute Gasteiger partial charge is 0.154 e. The summed E-state index contributed by atoms with van der Waals surface area (Å²) >= 11 is 9.01. The molecule has 0 spiro atoms. The fourth-order valence-corrected chi connectivity index (χ4v) is 1.20. The summed E-state index contributed by atoms with van der Waals surface area (Å²) in [6, 6.07) is 5.60. The van der Waals surface area contributed by atoms with Crippen molar-refractivity contribution in [3.63, 3.8) is 0 Å². The maximum atomic E-state index is 5.72. The molecular weight excluding hydrogens is 199 g/mol. The molecular formula is C7H5BrCl+. The van der Waals surface area contributed by atoms with Crippen LogP contribution < -0.4 is 0 Å². The van der Waals surface area contributed by atoms with Crippen LogP contribution in [0.4, 0.5) is 0 Å². The average Bonchev–Trinajstić information content (AvgIpc) is 1.80. The number of rotatable bonds is 0. The molecule has 0 aliphatic carbocycles. The molecule has 9 heavy (non-hydrogen) atoms. The number of benzene rings is 1. The fraction of sp³-hybridized carbons (Fsp3) is 0. The summed E-state index contributed by atoms with van der Waals surface area (Å²) in [5.41, 5.74) is 0.861. The first-order chi connectivity index (χ1) is 4.20.